The maximum atomic E-state index is 6.37. The molecule has 0 spiro atoms. The lowest BCUT2D eigenvalue weighted by Gasteiger charge is -2.33. The van der Waals surface area contributed by atoms with Crippen molar-refractivity contribution >= 4 is 46.7 Å². The minimum absolute atomic E-state index is 0.000514. The summed E-state index contributed by atoms with van der Waals surface area (Å²) in [6.07, 6.45) is 15.2. The third-order valence-corrected chi connectivity index (χ3v) is 11.8. The van der Waals surface area contributed by atoms with Crippen molar-refractivity contribution in [2.75, 3.05) is 26.4 Å². The lowest BCUT2D eigenvalue weighted by molar-refractivity contribution is 0.0342. The van der Waals surface area contributed by atoms with Gasteiger partial charge in [-0.15, -0.1) is 0 Å². The van der Waals surface area contributed by atoms with Gasteiger partial charge in [-0.1, -0.05) is 178 Å². The fraction of sp³-hybridized carbons (Fsp3) is 0.480. The zero-order valence-electron chi connectivity index (χ0n) is 35.2. The fourth-order valence-electron chi connectivity index (χ4n) is 8.49. The molecule has 0 radical (unpaired) electrons. The minimum Gasteiger partial charge on any atom is -0.407 e. The number of hydrogen-bond acceptors (Lipinski definition) is 4. The lowest BCUT2D eigenvalue weighted by atomic mass is 9.72. The smallest absolute Gasteiger partial charge is 0.407 e. The van der Waals surface area contributed by atoms with Crippen LogP contribution in [0.25, 0.3) is 43.8 Å². The molecular formula is C50H64B2O4. The molecule has 0 saturated carbocycles. The molecule has 2 aliphatic heterocycles. The van der Waals surface area contributed by atoms with E-state index in [9.17, 15) is 0 Å². The molecule has 4 nitrogen and oxygen atoms in total. The van der Waals surface area contributed by atoms with Crippen LogP contribution in [0, 0.1) is 10.8 Å². The lowest BCUT2D eigenvalue weighted by Crippen LogP contribution is -2.47. The van der Waals surface area contributed by atoms with Gasteiger partial charge in [-0.3, -0.25) is 0 Å². The van der Waals surface area contributed by atoms with E-state index in [1.165, 1.54) is 119 Å². The van der Waals surface area contributed by atoms with Gasteiger partial charge in [0.2, 0.25) is 0 Å². The number of unbranched alkanes of at least 4 members (excludes halogenated alkanes) is 8. The Morgan fingerprint density at radius 1 is 0.429 bits per heavy atom. The number of aryl methyl sites for hydroxylation is 2. The summed E-state index contributed by atoms with van der Waals surface area (Å²) in [6.45, 7) is 16.0. The normalized spacial score (nSPS) is 16.9. The SMILES string of the molecule is CCCCCCCc1ccc(-c2c3ccc(B4OCC(C)(C)CO4)cc3c(-c3ccc(CCCCCCC)cc3)c3ccc(B4OCC(C)(C)CO4)cc23)cc1. The molecule has 2 heterocycles. The number of benzene rings is 5. The predicted octanol–water partition coefficient (Wildman–Crippen LogP) is 11.9. The van der Waals surface area contributed by atoms with Crippen LogP contribution >= 0.6 is 0 Å². The first-order valence-corrected chi connectivity index (χ1v) is 21.8. The van der Waals surface area contributed by atoms with Gasteiger partial charge in [0.15, 0.2) is 0 Å². The van der Waals surface area contributed by atoms with Gasteiger partial charge in [0.25, 0.3) is 0 Å². The standard InChI is InChI=1S/C50H64B2O4/c1-7-9-11-13-15-17-37-19-23-39(24-20-37)47-43-29-27-42(52-55-35-50(5,6)36-56-52)32-46(43)48(40-25-21-38(22-26-40)18-16-14-12-10-8-2)44-30-28-41(31-45(44)47)51-53-33-49(3,4)34-54-51/h19-32H,7-18,33-36H2,1-6H3. The zero-order valence-corrected chi connectivity index (χ0v) is 35.2. The Labute approximate surface area is 338 Å². The van der Waals surface area contributed by atoms with Crippen molar-refractivity contribution in [1.82, 2.24) is 0 Å². The van der Waals surface area contributed by atoms with Crippen LogP contribution in [0.4, 0.5) is 0 Å². The van der Waals surface area contributed by atoms with Crippen LogP contribution in [0.1, 0.15) is 117 Å². The second kappa shape index (κ2) is 18.5. The molecule has 0 N–H and O–H groups in total. The summed E-state index contributed by atoms with van der Waals surface area (Å²) < 4.78 is 25.5. The second-order valence-corrected chi connectivity index (χ2v) is 18.3. The summed E-state index contributed by atoms with van der Waals surface area (Å²) in [4.78, 5) is 0. The van der Waals surface area contributed by atoms with Crippen LogP contribution in [0.3, 0.4) is 0 Å². The summed E-state index contributed by atoms with van der Waals surface area (Å²) in [7, 11) is -0.781. The highest BCUT2D eigenvalue weighted by atomic mass is 16.6. The van der Waals surface area contributed by atoms with E-state index in [0.717, 1.165) is 23.8 Å². The average Bonchev–Trinajstić information content (AvgIpc) is 3.20. The molecule has 2 saturated heterocycles. The van der Waals surface area contributed by atoms with Crippen molar-refractivity contribution in [2.24, 2.45) is 10.8 Å². The van der Waals surface area contributed by atoms with E-state index in [1.54, 1.807) is 0 Å². The molecule has 0 aliphatic carbocycles. The van der Waals surface area contributed by atoms with Crippen molar-refractivity contribution in [1.29, 1.82) is 0 Å². The maximum Gasteiger partial charge on any atom is 0.493 e. The topological polar surface area (TPSA) is 36.9 Å². The van der Waals surface area contributed by atoms with Crippen LogP contribution in [0.2, 0.25) is 0 Å². The van der Waals surface area contributed by atoms with Crippen LogP contribution < -0.4 is 10.9 Å². The van der Waals surface area contributed by atoms with Crippen molar-refractivity contribution in [2.45, 2.75) is 119 Å². The Morgan fingerprint density at radius 2 is 0.786 bits per heavy atom. The van der Waals surface area contributed by atoms with Gasteiger partial charge in [-0.05, 0) is 91.5 Å². The highest BCUT2D eigenvalue weighted by Crippen LogP contribution is 2.44. The Hall–Kier alpha value is -3.41. The van der Waals surface area contributed by atoms with E-state index >= 15 is 0 Å². The zero-order chi connectivity index (χ0) is 39.1. The van der Waals surface area contributed by atoms with Gasteiger partial charge in [0, 0.05) is 37.3 Å². The van der Waals surface area contributed by atoms with Crippen LogP contribution in [0.5, 0.6) is 0 Å². The molecule has 7 rings (SSSR count). The van der Waals surface area contributed by atoms with Gasteiger partial charge in [0.05, 0.1) is 0 Å². The van der Waals surface area contributed by atoms with E-state index in [-0.39, 0.29) is 10.8 Å². The molecule has 5 aromatic rings. The molecule has 56 heavy (non-hydrogen) atoms. The van der Waals surface area contributed by atoms with Crippen LogP contribution in [-0.2, 0) is 31.5 Å². The molecule has 0 unspecified atom stereocenters. The second-order valence-electron chi connectivity index (χ2n) is 18.3. The highest BCUT2D eigenvalue weighted by molar-refractivity contribution is 6.62. The summed E-state index contributed by atoms with van der Waals surface area (Å²) in [5, 5.41) is 4.88. The van der Waals surface area contributed by atoms with Gasteiger partial charge in [-0.25, -0.2) is 0 Å². The van der Waals surface area contributed by atoms with Crippen LogP contribution in [-0.4, -0.2) is 40.7 Å². The van der Waals surface area contributed by atoms with E-state index < -0.39 is 14.2 Å². The van der Waals surface area contributed by atoms with Crippen molar-refractivity contribution < 1.29 is 18.6 Å². The Bertz CT molecular complexity index is 1880. The molecule has 0 bridgehead atoms. The third-order valence-electron chi connectivity index (χ3n) is 11.8. The molecule has 5 aromatic carbocycles. The molecular weight excluding hydrogens is 686 g/mol. The number of rotatable bonds is 16. The quantitative estimate of drug-likeness (QED) is 0.0572. The van der Waals surface area contributed by atoms with Gasteiger partial charge >= 0.3 is 14.2 Å². The molecule has 294 valence electrons. The summed E-state index contributed by atoms with van der Waals surface area (Å²) in [5.74, 6) is 0. The molecule has 2 fully saturated rings. The summed E-state index contributed by atoms with van der Waals surface area (Å²) in [6, 6.07) is 32.5. The molecule has 0 atom stereocenters. The maximum absolute atomic E-state index is 6.37. The summed E-state index contributed by atoms with van der Waals surface area (Å²) >= 11 is 0. The molecule has 0 amide bonds. The van der Waals surface area contributed by atoms with Crippen molar-refractivity contribution in [3.8, 4) is 22.3 Å². The molecule has 0 aromatic heterocycles. The minimum atomic E-state index is -0.390. The Morgan fingerprint density at radius 3 is 1.14 bits per heavy atom. The Balaban J connectivity index is 1.35. The van der Waals surface area contributed by atoms with Gasteiger partial charge < -0.3 is 18.6 Å². The first-order chi connectivity index (χ1) is 27.1. The van der Waals surface area contributed by atoms with E-state index in [4.69, 9.17) is 18.6 Å². The van der Waals surface area contributed by atoms with E-state index in [0.29, 0.717) is 26.4 Å². The molecule has 2 aliphatic rings. The first kappa shape index (κ1) is 40.8. The highest BCUT2D eigenvalue weighted by Gasteiger charge is 2.35. The predicted molar refractivity (Wildman–Crippen MR) is 239 cm³/mol. The third kappa shape index (κ3) is 9.81. The van der Waals surface area contributed by atoms with Crippen molar-refractivity contribution in [3.05, 3.63) is 96.1 Å². The largest absolute Gasteiger partial charge is 0.493 e. The number of hydrogen-bond donors (Lipinski definition) is 0. The first-order valence-electron chi connectivity index (χ1n) is 21.8. The molecule has 6 heteroatoms. The average molecular weight is 751 g/mol. The van der Waals surface area contributed by atoms with Crippen molar-refractivity contribution in [3.63, 3.8) is 0 Å². The van der Waals surface area contributed by atoms with E-state index in [2.05, 4.69) is 126 Å². The Kier molecular flexibility index (Phi) is 13.4. The monoisotopic (exact) mass is 750 g/mol. The fourth-order valence-corrected chi connectivity index (χ4v) is 8.49. The van der Waals surface area contributed by atoms with E-state index in [1.807, 2.05) is 0 Å². The summed E-state index contributed by atoms with van der Waals surface area (Å²) in [5.41, 5.74) is 9.87. The number of fused-ring (bicyclic) bond motifs is 2. The van der Waals surface area contributed by atoms with Gasteiger partial charge in [0.1, 0.15) is 0 Å². The van der Waals surface area contributed by atoms with Gasteiger partial charge in [-0.2, -0.15) is 0 Å². The van der Waals surface area contributed by atoms with Crippen LogP contribution in [0.15, 0.2) is 84.9 Å².